The van der Waals surface area contributed by atoms with Crippen LogP contribution in [-0.2, 0) is 11.2 Å². The highest BCUT2D eigenvalue weighted by molar-refractivity contribution is 5.94. The molecule has 1 heterocycles. The molecule has 0 saturated carbocycles. The number of aliphatic hydroxyl groups is 1. The van der Waals surface area contributed by atoms with Crippen molar-refractivity contribution in [2.75, 3.05) is 13.6 Å². The zero-order valence-electron chi connectivity index (χ0n) is 14.1. The zero-order valence-corrected chi connectivity index (χ0v) is 14.1. The van der Waals surface area contributed by atoms with Crippen LogP contribution >= 0.6 is 0 Å². The van der Waals surface area contributed by atoms with E-state index in [0.717, 1.165) is 12.0 Å². The molecule has 5 nitrogen and oxygen atoms in total. The molecule has 0 unspecified atom stereocenters. The third-order valence-corrected chi connectivity index (χ3v) is 4.18. The molecule has 1 aliphatic heterocycles. The average molecular weight is 318 g/mol. The fraction of sp³-hybridized carbons (Fsp3) is 0.556. The predicted molar refractivity (Wildman–Crippen MR) is 89.2 cm³/mol. The molecule has 2 N–H and O–H groups in total. The first-order chi connectivity index (χ1) is 10.7. The highest BCUT2D eigenvalue weighted by Gasteiger charge is 2.24. The average Bonchev–Trinajstić information content (AvgIpc) is 2.48. The van der Waals surface area contributed by atoms with Gasteiger partial charge in [0, 0.05) is 31.6 Å². The van der Waals surface area contributed by atoms with Gasteiger partial charge in [-0.3, -0.25) is 9.59 Å². The van der Waals surface area contributed by atoms with Crippen molar-refractivity contribution in [3.05, 3.63) is 35.4 Å². The van der Waals surface area contributed by atoms with Gasteiger partial charge in [0.15, 0.2) is 0 Å². The summed E-state index contributed by atoms with van der Waals surface area (Å²) in [6.07, 6.45) is 2.54. The monoisotopic (exact) mass is 318 g/mol. The van der Waals surface area contributed by atoms with E-state index >= 15 is 0 Å². The number of carbonyl (C=O) groups excluding carboxylic acids is 2. The summed E-state index contributed by atoms with van der Waals surface area (Å²) < 4.78 is 0. The maximum atomic E-state index is 12.4. The van der Waals surface area contributed by atoms with Crippen LogP contribution in [0.15, 0.2) is 24.3 Å². The summed E-state index contributed by atoms with van der Waals surface area (Å²) in [6, 6.07) is 7.50. The van der Waals surface area contributed by atoms with Crippen molar-refractivity contribution < 1.29 is 14.7 Å². The second kappa shape index (κ2) is 7.13. The summed E-state index contributed by atoms with van der Waals surface area (Å²) in [6.45, 7) is 4.12. The Morgan fingerprint density at radius 2 is 2.17 bits per heavy atom. The van der Waals surface area contributed by atoms with E-state index in [2.05, 4.69) is 5.32 Å². The van der Waals surface area contributed by atoms with Crippen LogP contribution in [-0.4, -0.2) is 47.1 Å². The van der Waals surface area contributed by atoms with Crippen LogP contribution in [0.25, 0.3) is 0 Å². The lowest BCUT2D eigenvalue weighted by Gasteiger charge is -2.30. The van der Waals surface area contributed by atoms with Gasteiger partial charge in [-0.05, 0) is 50.8 Å². The Balaban J connectivity index is 1.95. The summed E-state index contributed by atoms with van der Waals surface area (Å²) in [5, 5.41) is 12.8. The number of hydrogen-bond acceptors (Lipinski definition) is 3. The topological polar surface area (TPSA) is 69.6 Å². The quantitative estimate of drug-likeness (QED) is 0.869. The molecule has 2 rings (SSSR count). The Morgan fingerprint density at radius 1 is 1.43 bits per heavy atom. The smallest absolute Gasteiger partial charge is 0.251 e. The summed E-state index contributed by atoms with van der Waals surface area (Å²) in [7, 11) is 1.76. The molecule has 0 radical (unpaired) electrons. The first kappa shape index (κ1) is 17.5. The summed E-state index contributed by atoms with van der Waals surface area (Å²) >= 11 is 0. The molecule has 0 spiro atoms. The van der Waals surface area contributed by atoms with E-state index in [-0.39, 0.29) is 17.9 Å². The van der Waals surface area contributed by atoms with Crippen molar-refractivity contribution in [2.45, 2.75) is 51.2 Å². The Hall–Kier alpha value is -1.88. The van der Waals surface area contributed by atoms with Crippen LogP contribution in [0, 0.1) is 0 Å². The number of aryl methyl sites for hydroxylation is 1. The first-order valence-electron chi connectivity index (χ1n) is 8.11. The molecule has 0 bridgehead atoms. The van der Waals surface area contributed by atoms with Gasteiger partial charge in [-0.25, -0.2) is 0 Å². The van der Waals surface area contributed by atoms with Crippen LogP contribution in [0.1, 0.15) is 49.0 Å². The molecule has 5 heteroatoms. The fourth-order valence-electron chi connectivity index (χ4n) is 2.72. The predicted octanol–water partition coefficient (Wildman–Crippen LogP) is 1.74. The largest absolute Gasteiger partial charge is 0.390 e. The van der Waals surface area contributed by atoms with Gasteiger partial charge in [-0.15, -0.1) is 0 Å². The molecule has 0 aliphatic carbocycles. The van der Waals surface area contributed by atoms with E-state index < -0.39 is 5.60 Å². The second-order valence-corrected chi connectivity index (χ2v) is 7.00. The van der Waals surface area contributed by atoms with Gasteiger partial charge >= 0.3 is 0 Å². The fourth-order valence-corrected chi connectivity index (χ4v) is 2.72. The van der Waals surface area contributed by atoms with Crippen LogP contribution in [0.3, 0.4) is 0 Å². The molecule has 126 valence electrons. The van der Waals surface area contributed by atoms with E-state index in [1.807, 2.05) is 18.2 Å². The highest BCUT2D eigenvalue weighted by Crippen LogP contribution is 2.15. The van der Waals surface area contributed by atoms with E-state index in [1.165, 1.54) is 0 Å². The number of likely N-dealkylation sites (N-methyl/N-ethyl adjacent to an activating group) is 1. The van der Waals surface area contributed by atoms with Crippen molar-refractivity contribution >= 4 is 11.8 Å². The molecule has 1 atom stereocenters. The van der Waals surface area contributed by atoms with Gasteiger partial charge in [0.05, 0.1) is 5.60 Å². The van der Waals surface area contributed by atoms with Crippen molar-refractivity contribution in [1.29, 1.82) is 0 Å². The number of benzene rings is 1. The van der Waals surface area contributed by atoms with Crippen molar-refractivity contribution in [3.8, 4) is 0 Å². The highest BCUT2D eigenvalue weighted by atomic mass is 16.3. The molecule has 1 aromatic carbocycles. The lowest BCUT2D eigenvalue weighted by atomic mass is 9.97. The number of rotatable bonds is 5. The van der Waals surface area contributed by atoms with Gasteiger partial charge < -0.3 is 15.3 Å². The number of piperidine rings is 1. The zero-order chi connectivity index (χ0) is 17.0. The molecule has 1 fully saturated rings. The molecule has 0 aromatic heterocycles. The maximum Gasteiger partial charge on any atom is 0.251 e. The SMILES string of the molecule is CN1C[C@H](NC(=O)c2cccc(CCC(C)(C)O)c2)CCC1=O. The van der Waals surface area contributed by atoms with Gasteiger partial charge in [-0.2, -0.15) is 0 Å². The number of likely N-dealkylation sites (tertiary alicyclic amines) is 1. The Morgan fingerprint density at radius 3 is 2.83 bits per heavy atom. The molecular formula is C18H26N2O3. The van der Waals surface area contributed by atoms with Crippen molar-refractivity contribution in [3.63, 3.8) is 0 Å². The molecule has 2 amide bonds. The third kappa shape index (κ3) is 5.36. The summed E-state index contributed by atoms with van der Waals surface area (Å²) in [5.74, 6) is 0.0203. The van der Waals surface area contributed by atoms with Gasteiger partial charge in [0.2, 0.25) is 5.91 Å². The van der Waals surface area contributed by atoms with Gasteiger partial charge in [-0.1, -0.05) is 12.1 Å². The standard InChI is InChI=1S/C18H26N2O3/c1-18(2,23)10-9-13-5-4-6-14(11-13)17(22)19-15-7-8-16(21)20(3)12-15/h4-6,11,15,23H,7-10,12H2,1-3H3,(H,19,22)/t15-/m1/s1. The molecule has 1 saturated heterocycles. The Kier molecular flexibility index (Phi) is 5.42. The number of amides is 2. The molecular weight excluding hydrogens is 292 g/mol. The maximum absolute atomic E-state index is 12.4. The lowest BCUT2D eigenvalue weighted by molar-refractivity contribution is -0.132. The van der Waals surface area contributed by atoms with Crippen LogP contribution in [0.2, 0.25) is 0 Å². The second-order valence-electron chi connectivity index (χ2n) is 7.00. The van der Waals surface area contributed by atoms with E-state index in [9.17, 15) is 14.7 Å². The molecule has 1 aliphatic rings. The lowest BCUT2D eigenvalue weighted by Crippen LogP contribution is -2.48. The number of nitrogens with zero attached hydrogens (tertiary/aromatic N) is 1. The molecule has 23 heavy (non-hydrogen) atoms. The summed E-state index contributed by atoms with van der Waals surface area (Å²) in [5.41, 5.74) is 0.950. The summed E-state index contributed by atoms with van der Waals surface area (Å²) in [4.78, 5) is 25.5. The first-order valence-corrected chi connectivity index (χ1v) is 8.11. The normalized spacial score (nSPS) is 18.9. The van der Waals surface area contributed by atoms with E-state index in [0.29, 0.717) is 31.4 Å². The van der Waals surface area contributed by atoms with Gasteiger partial charge in [0.25, 0.3) is 5.91 Å². The minimum atomic E-state index is -0.711. The number of carbonyl (C=O) groups is 2. The van der Waals surface area contributed by atoms with E-state index in [1.54, 1.807) is 31.9 Å². The Labute approximate surface area is 137 Å². The van der Waals surface area contributed by atoms with Crippen LogP contribution in [0.4, 0.5) is 0 Å². The van der Waals surface area contributed by atoms with Crippen LogP contribution < -0.4 is 5.32 Å². The minimum Gasteiger partial charge on any atom is -0.390 e. The van der Waals surface area contributed by atoms with Crippen molar-refractivity contribution in [2.24, 2.45) is 0 Å². The van der Waals surface area contributed by atoms with Gasteiger partial charge in [0.1, 0.15) is 0 Å². The van der Waals surface area contributed by atoms with Crippen LogP contribution in [0.5, 0.6) is 0 Å². The minimum absolute atomic E-state index is 0.00484. The number of nitrogens with one attached hydrogen (secondary N) is 1. The van der Waals surface area contributed by atoms with E-state index in [4.69, 9.17) is 0 Å². The third-order valence-electron chi connectivity index (χ3n) is 4.18. The number of hydrogen-bond donors (Lipinski definition) is 2. The molecule has 1 aromatic rings. The van der Waals surface area contributed by atoms with Crippen molar-refractivity contribution in [1.82, 2.24) is 10.2 Å². The Bertz CT molecular complexity index is 578.